The molecule has 1 fully saturated rings. The quantitative estimate of drug-likeness (QED) is 0.594. The fourth-order valence-corrected chi connectivity index (χ4v) is 5.05. The Bertz CT molecular complexity index is 1170. The molecule has 3 aromatic rings. The molecule has 1 amide bonds. The fraction of sp³-hybridized carbons (Fsp3) is 0.261. The van der Waals surface area contributed by atoms with Crippen LogP contribution < -0.4 is 10.1 Å². The third-order valence-electron chi connectivity index (χ3n) is 5.19. The minimum atomic E-state index is -3.67. The standard InChI is InChI=1S/C23H24N2O5S/c1-17-12-15-29-22(17)23(26)24-20-16-19(31(27,28)25-13-6-3-7-14-25)10-11-21(20)30-18-8-4-2-5-9-18/h2,4-5,8-12,15-16H,3,6-7,13-14H2,1H3,(H,24,26). The van der Waals surface area contributed by atoms with E-state index in [2.05, 4.69) is 5.32 Å². The normalized spacial score (nSPS) is 14.9. The molecule has 2 heterocycles. The maximum Gasteiger partial charge on any atom is 0.291 e. The Morgan fingerprint density at radius 2 is 1.77 bits per heavy atom. The number of furan rings is 1. The lowest BCUT2D eigenvalue weighted by Gasteiger charge is -2.26. The lowest BCUT2D eigenvalue weighted by Crippen LogP contribution is -2.35. The van der Waals surface area contributed by atoms with E-state index in [9.17, 15) is 13.2 Å². The molecule has 31 heavy (non-hydrogen) atoms. The fourth-order valence-electron chi connectivity index (χ4n) is 3.51. The molecule has 8 heteroatoms. The average molecular weight is 441 g/mol. The van der Waals surface area contributed by atoms with Gasteiger partial charge in [-0.25, -0.2) is 8.42 Å². The first-order chi connectivity index (χ1) is 14.9. The van der Waals surface area contributed by atoms with Crippen molar-refractivity contribution >= 4 is 21.6 Å². The number of benzene rings is 2. The number of carbonyl (C=O) groups excluding carboxylic acids is 1. The molecule has 1 aliphatic rings. The van der Waals surface area contributed by atoms with Gasteiger partial charge in [-0.05, 0) is 56.2 Å². The highest BCUT2D eigenvalue weighted by Gasteiger charge is 2.27. The summed E-state index contributed by atoms with van der Waals surface area (Å²) in [6, 6.07) is 15.3. The summed E-state index contributed by atoms with van der Waals surface area (Å²) in [4.78, 5) is 12.9. The molecule has 0 saturated carbocycles. The molecule has 0 atom stereocenters. The Balaban J connectivity index is 1.69. The highest BCUT2D eigenvalue weighted by Crippen LogP contribution is 2.33. The van der Waals surface area contributed by atoms with Crippen LogP contribution in [0.4, 0.5) is 5.69 Å². The van der Waals surface area contributed by atoms with Gasteiger partial charge < -0.3 is 14.5 Å². The Morgan fingerprint density at radius 3 is 2.45 bits per heavy atom. The van der Waals surface area contributed by atoms with Gasteiger partial charge in [-0.1, -0.05) is 24.6 Å². The highest BCUT2D eigenvalue weighted by atomic mass is 32.2. The third-order valence-corrected chi connectivity index (χ3v) is 7.09. The second-order valence-electron chi connectivity index (χ2n) is 7.42. The SMILES string of the molecule is Cc1ccoc1C(=O)Nc1cc(S(=O)(=O)N2CCCCC2)ccc1Oc1ccccc1. The summed E-state index contributed by atoms with van der Waals surface area (Å²) < 4.78 is 38.9. The molecule has 2 aromatic carbocycles. The highest BCUT2D eigenvalue weighted by molar-refractivity contribution is 7.89. The number of rotatable bonds is 6. The van der Waals surface area contributed by atoms with E-state index in [1.54, 1.807) is 31.2 Å². The first kappa shape index (κ1) is 21.1. The van der Waals surface area contributed by atoms with E-state index in [0.717, 1.165) is 19.3 Å². The number of sulfonamides is 1. The van der Waals surface area contributed by atoms with Crippen LogP contribution in [-0.4, -0.2) is 31.7 Å². The summed E-state index contributed by atoms with van der Waals surface area (Å²) >= 11 is 0. The first-order valence-electron chi connectivity index (χ1n) is 10.2. The monoisotopic (exact) mass is 440 g/mol. The van der Waals surface area contributed by atoms with Crippen molar-refractivity contribution in [1.29, 1.82) is 0 Å². The molecular weight excluding hydrogens is 416 g/mol. The lowest BCUT2D eigenvalue weighted by molar-refractivity contribution is 0.0995. The molecule has 7 nitrogen and oxygen atoms in total. The van der Waals surface area contributed by atoms with Crippen molar-refractivity contribution in [2.75, 3.05) is 18.4 Å². The lowest BCUT2D eigenvalue weighted by atomic mass is 10.2. The van der Waals surface area contributed by atoms with E-state index in [1.807, 2.05) is 18.2 Å². The number of nitrogens with one attached hydrogen (secondary N) is 1. The summed E-state index contributed by atoms with van der Waals surface area (Å²) in [5.41, 5.74) is 0.933. The minimum absolute atomic E-state index is 0.112. The van der Waals surface area contributed by atoms with E-state index < -0.39 is 15.9 Å². The van der Waals surface area contributed by atoms with Crippen molar-refractivity contribution in [2.24, 2.45) is 0 Å². The van der Waals surface area contributed by atoms with Crippen molar-refractivity contribution < 1.29 is 22.4 Å². The van der Waals surface area contributed by atoms with Gasteiger partial charge in [0.25, 0.3) is 5.91 Å². The molecular formula is C23H24N2O5S. The number of hydrogen-bond donors (Lipinski definition) is 1. The number of ether oxygens (including phenoxy) is 1. The van der Waals surface area contributed by atoms with Gasteiger partial charge in [-0.3, -0.25) is 4.79 Å². The molecule has 4 rings (SSSR count). The van der Waals surface area contributed by atoms with Crippen molar-refractivity contribution in [3.8, 4) is 11.5 Å². The van der Waals surface area contributed by atoms with Gasteiger partial charge >= 0.3 is 0 Å². The average Bonchev–Trinajstić information content (AvgIpc) is 3.22. The molecule has 1 saturated heterocycles. The van der Waals surface area contributed by atoms with Gasteiger partial charge in [0.1, 0.15) is 5.75 Å². The summed E-state index contributed by atoms with van der Waals surface area (Å²) in [5, 5.41) is 2.75. The predicted molar refractivity (Wildman–Crippen MR) is 117 cm³/mol. The zero-order valence-corrected chi connectivity index (χ0v) is 18.0. The van der Waals surface area contributed by atoms with Crippen LogP contribution in [0.25, 0.3) is 0 Å². The van der Waals surface area contributed by atoms with Crippen LogP contribution in [-0.2, 0) is 10.0 Å². The van der Waals surface area contributed by atoms with Crippen molar-refractivity contribution in [2.45, 2.75) is 31.1 Å². The minimum Gasteiger partial charge on any atom is -0.459 e. The molecule has 0 aliphatic carbocycles. The predicted octanol–water partition coefficient (Wildman–Crippen LogP) is 4.81. The zero-order valence-electron chi connectivity index (χ0n) is 17.2. The van der Waals surface area contributed by atoms with Crippen LogP contribution in [0.5, 0.6) is 11.5 Å². The van der Waals surface area contributed by atoms with Gasteiger partial charge in [-0.2, -0.15) is 4.31 Å². The van der Waals surface area contributed by atoms with E-state index >= 15 is 0 Å². The summed E-state index contributed by atoms with van der Waals surface area (Å²) in [6.45, 7) is 2.76. The van der Waals surface area contributed by atoms with E-state index in [1.165, 1.54) is 22.7 Å². The Labute approximate surface area is 181 Å². The number of nitrogens with zero attached hydrogens (tertiary/aromatic N) is 1. The molecule has 1 N–H and O–H groups in total. The smallest absolute Gasteiger partial charge is 0.291 e. The number of carbonyl (C=O) groups is 1. The largest absolute Gasteiger partial charge is 0.459 e. The van der Waals surface area contributed by atoms with E-state index in [0.29, 0.717) is 30.2 Å². The van der Waals surface area contributed by atoms with Crippen molar-refractivity contribution in [3.63, 3.8) is 0 Å². The van der Waals surface area contributed by atoms with Crippen LogP contribution in [0.15, 0.2) is 70.2 Å². The maximum absolute atomic E-state index is 13.1. The Hall–Kier alpha value is -3.10. The second kappa shape index (κ2) is 8.95. The number of para-hydroxylation sites is 1. The molecule has 0 unspecified atom stereocenters. The number of aryl methyl sites for hydroxylation is 1. The first-order valence-corrected chi connectivity index (χ1v) is 11.6. The molecule has 1 aromatic heterocycles. The van der Waals surface area contributed by atoms with Crippen LogP contribution in [0.3, 0.4) is 0 Å². The van der Waals surface area contributed by atoms with E-state index in [-0.39, 0.29) is 16.3 Å². The number of amides is 1. The summed E-state index contributed by atoms with van der Waals surface area (Å²) in [6.07, 6.45) is 4.15. The molecule has 0 radical (unpaired) electrons. The maximum atomic E-state index is 13.1. The Morgan fingerprint density at radius 1 is 1.03 bits per heavy atom. The molecule has 1 aliphatic heterocycles. The molecule has 0 bridgehead atoms. The molecule has 0 spiro atoms. The van der Waals surface area contributed by atoms with E-state index in [4.69, 9.17) is 9.15 Å². The summed E-state index contributed by atoms with van der Waals surface area (Å²) in [7, 11) is -3.67. The van der Waals surface area contributed by atoms with Crippen LogP contribution in [0.1, 0.15) is 35.4 Å². The number of hydrogen-bond acceptors (Lipinski definition) is 5. The van der Waals surface area contributed by atoms with Gasteiger partial charge in [0, 0.05) is 18.7 Å². The van der Waals surface area contributed by atoms with Gasteiger partial charge in [0.05, 0.1) is 16.8 Å². The zero-order chi connectivity index (χ0) is 21.8. The number of anilines is 1. The summed E-state index contributed by atoms with van der Waals surface area (Å²) in [5.74, 6) is 0.586. The Kier molecular flexibility index (Phi) is 6.11. The van der Waals surface area contributed by atoms with Crippen LogP contribution in [0, 0.1) is 6.92 Å². The van der Waals surface area contributed by atoms with Crippen LogP contribution in [0.2, 0.25) is 0 Å². The van der Waals surface area contributed by atoms with Crippen molar-refractivity contribution in [1.82, 2.24) is 4.31 Å². The topological polar surface area (TPSA) is 88.8 Å². The van der Waals surface area contributed by atoms with Crippen molar-refractivity contribution in [3.05, 3.63) is 72.2 Å². The third kappa shape index (κ3) is 4.65. The van der Waals surface area contributed by atoms with Crippen LogP contribution >= 0.6 is 0 Å². The van der Waals surface area contributed by atoms with Gasteiger partial charge in [0.2, 0.25) is 10.0 Å². The van der Waals surface area contributed by atoms with Gasteiger partial charge in [0.15, 0.2) is 11.5 Å². The van der Waals surface area contributed by atoms with Gasteiger partial charge in [-0.15, -0.1) is 0 Å². The number of piperidine rings is 1. The second-order valence-corrected chi connectivity index (χ2v) is 9.36. The molecule has 162 valence electrons.